The lowest BCUT2D eigenvalue weighted by atomic mass is 9.82. The highest BCUT2D eigenvalue weighted by molar-refractivity contribution is 6.30. The van der Waals surface area contributed by atoms with Gasteiger partial charge in [-0.05, 0) is 38.0 Å². The highest BCUT2D eigenvalue weighted by Gasteiger charge is 2.33. The number of aromatic nitrogens is 5. The number of nitrogens with zero attached hydrogens (tertiary/aromatic N) is 5. The number of carbonyl (C=O) groups excluding carboxylic acids is 2. The van der Waals surface area contributed by atoms with Crippen LogP contribution in [0.4, 0.5) is 16.3 Å². The zero-order valence-corrected chi connectivity index (χ0v) is 18.7. The average Bonchev–Trinajstić information content (AvgIpc) is 3.12. The zero-order chi connectivity index (χ0) is 23.5. The fraction of sp³-hybridized carbons (Fsp3) is 0.333. The maximum absolute atomic E-state index is 12.5. The number of rotatable bonds is 6. The summed E-state index contributed by atoms with van der Waals surface area (Å²) in [7, 11) is 1.62. The van der Waals surface area contributed by atoms with Crippen molar-refractivity contribution in [2.24, 2.45) is 13.0 Å². The van der Waals surface area contributed by atoms with E-state index in [1.54, 1.807) is 44.4 Å². The van der Waals surface area contributed by atoms with Gasteiger partial charge in [0.2, 0.25) is 5.91 Å². The van der Waals surface area contributed by atoms with Crippen LogP contribution in [0.1, 0.15) is 31.4 Å². The lowest BCUT2D eigenvalue weighted by Gasteiger charge is -2.29. The molecule has 0 radical (unpaired) electrons. The number of halogens is 1. The van der Waals surface area contributed by atoms with Crippen molar-refractivity contribution in [1.82, 2.24) is 25.0 Å². The summed E-state index contributed by atoms with van der Waals surface area (Å²) in [5, 5.41) is 23.0. The smallest absolute Gasteiger partial charge is 0.413 e. The van der Waals surface area contributed by atoms with E-state index in [2.05, 4.69) is 30.9 Å². The minimum Gasteiger partial charge on any atom is -0.441 e. The number of nitrogens with one attached hydrogen (secondary N) is 2. The quantitative estimate of drug-likeness (QED) is 0.465. The third kappa shape index (κ3) is 5.10. The maximum atomic E-state index is 12.5. The molecule has 2 amide bonds. The highest BCUT2D eigenvalue weighted by atomic mass is 35.5. The number of aliphatic hydroxyl groups is 1. The first-order valence-corrected chi connectivity index (χ1v) is 10.6. The molecule has 1 aliphatic rings. The Kier molecular flexibility index (Phi) is 6.52. The maximum Gasteiger partial charge on any atom is 0.413 e. The van der Waals surface area contributed by atoms with Crippen LogP contribution in [0.5, 0.6) is 0 Å². The molecule has 4 rings (SSSR count). The Hall–Kier alpha value is -3.57. The molecule has 0 unspecified atom stereocenters. The van der Waals surface area contributed by atoms with Crippen LogP contribution < -0.4 is 10.6 Å². The van der Waals surface area contributed by atoms with Crippen LogP contribution in [0.25, 0.3) is 11.4 Å². The van der Waals surface area contributed by atoms with Crippen molar-refractivity contribution in [2.75, 3.05) is 10.6 Å². The van der Waals surface area contributed by atoms with Gasteiger partial charge in [-0.15, -0.1) is 5.10 Å². The van der Waals surface area contributed by atoms with Crippen LogP contribution in [-0.2, 0) is 16.6 Å². The van der Waals surface area contributed by atoms with E-state index in [1.807, 2.05) is 0 Å². The molecule has 12 heteroatoms. The first kappa shape index (κ1) is 22.6. The van der Waals surface area contributed by atoms with Crippen LogP contribution in [0, 0.1) is 5.92 Å². The summed E-state index contributed by atoms with van der Waals surface area (Å²) in [6.45, 7) is 1.68. The van der Waals surface area contributed by atoms with Crippen LogP contribution in [0.3, 0.4) is 0 Å². The standard InChI is InChI=1S/C21H22ClN7O4/c1-11(15-4-3-7-23-18(15)22)33-21(32)26-19-17(27-28-29(19)2)16-6-5-13(10-24-16)25-20(31)12-8-14(30)9-12/h3-7,10-12,14,30H,8-9H2,1-2H3,(H,25,31)(H,26,32)/t11-,12?,14?/m1/s1. The van der Waals surface area contributed by atoms with E-state index in [1.165, 1.54) is 10.9 Å². The highest BCUT2D eigenvalue weighted by Crippen LogP contribution is 2.29. The number of pyridine rings is 2. The van der Waals surface area contributed by atoms with Gasteiger partial charge in [-0.3, -0.25) is 15.1 Å². The minimum atomic E-state index is -0.722. The number of anilines is 2. The lowest BCUT2D eigenvalue weighted by Crippen LogP contribution is -2.37. The van der Waals surface area contributed by atoms with Crippen molar-refractivity contribution in [3.05, 3.63) is 47.4 Å². The zero-order valence-electron chi connectivity index (χ0n) is 17.9. The second kappa shape index (κ2) is 9.51. The molecule has 1 fully saturated rings. The van der Waals surface area contributed by atoms with Crippen LogP contribution in [0.2, 0.25) is 5.15 Å². The molecule has 0 spiro atoms. The summed E-state index contributed by atoms with van der Waals surface area (Å²) >= 11 is 6.06. The topological polar surface area (TPSA) is 144 Å². The monoisotopic (exact) mass is 471 g/mol. The van der Waals surface area contributed by atoms with Gasteiger partial charge in [-0.25, -0.2) is 14.5 Å². The molecule has 3 N–H and O–H groups in total. The number of carbonyl (C=O) groups is 2. The molecule has 0 bridgehead atoms. The van der Waals surface area contributed by atoms with E-state index in [9.17, 15) is 14.7 Å². The number of hydrogen-bond acceptors (Lipinski definition) is 8. The van der Waals surface area contributed by atoms with Gasteiger partial charge < -0.3 is 15.2 Å². The van der Waals surface area contributed by atoms with E-state index < -0.39 is 18.3 Å². The minimum absolute atomic E-state index is 0.151. The molecule has 172 valence electrons. The summed E-state index contributed by atoms with van der Waals surface area (Å²) in [6, 6.07) is 6.76. The Balaban J connectivity index is 1.42. The summed E-state index contributed by atoms with van der Waals surface area (Å²) in [4.78, 5) is 32.9. The van der Waals surface area contributed by atoms with E-state index in [-0.39, 0.29) is 22.8 Å². The van der Waals surface area contributed by atoms with Gasteiger partial charge in [0.15, 0.2) is 11.5 Å². The largest absolute Gasteiger partial charge is 0.441 e. The number of ether oxygens (including phenoxy) is 1. The molecule has 3 heterocycles. The first-order valence-electron chi connectivity index (χ1n) is 10.2. The van der Waals surface area contributed by atoms with Crippen molar-refractivity contribution < 1.29 is 19.4 Å². The SMILES string of the molecule is C[C@@H](OC(=O)Nc1c(-c2ccc(NC(=O)C3CC(O)C3)cn2)nnn1C)c1cccnc1Cl. The molecule has 0 aliphatic heterocycles. The van der Waals surface area contributed by atoms with Gasteiger partial charge in [0.25, 0.3) is 0 Å². The second-order valence-electron chi connectivity index (χ2n) is 7.71. The number of aliphatic hydroxyl groups excluding tert-OH is 1. The second-order valence-corrected chi connectivity index (χ2v) is 8.07. The Bertz CT molecular complexity index is 1160. The molecule has 33 heavy (non-hydrogen) atoms. The van der Waals surface area contributed by atoms with E-state index in [4.69, 9.17) is 16.3 Å². The molecule has 1 saturated carbocycles. The van der Waals surface area contributed by atoms with E-state index >= 15 is 0 Å². The molecule has 3 aromatic heterocycles. The molecule has 0 aromatic carbocycles. The third-order valence-electron chi connectivity index (χ3n) is 5.31. The van der Waals surface area contributed by atoms with Gasteiger partial charge in [0.1, 0.15) is 11.3 Å². The van der Waals surface area contributed by atoms with Gasteiger partial charge in [0.05, 0.1) is 23.7 Å². The van der Waals surface area contributed by atoms with Gasteiger partial charge in [0, 0.05) is 24.7 Å². The van der Waals surface area contributed by atoms with Crippen molar-refractivity contribution in [1.29, 1.82) is 0 Å². The summed E-state index contributed by atoms with van der Waals surface area (Å²) < 4.78 is 6.80. The average molecular weight is 472 g/mol. The predicted molar refractivity (Wildman–Crippen MR) is 119 cm³/mol. The van der Waals surface area contributed by atoms with Crippen molar-refractivity contribution in [3.8, 4) is 11.4 Å². The Labute approximate surface area is 194 Å². The first-order chi connectivity index (χ1) is 15.8. The number of amides is 2. The Morgan fingerprint density at radius 1 is 1.24 bits per heavy atom. The Morgan fingerprint density at radius 3 is 2.70 bits per heavy atom. The lowest BCUT2D eigenvalue weighted by molar-refractivity contribution is -0.126. The molecule has 0 saturated heterocycles. The van der Waals surface area contributed by atoms with Gasteiger partial charge in [-0.2, -0.15) is 0 Å². The molecule has 3 aromatic rings. The molecular formula is C21H22ClN7O4. The van der Waals surface area contributed by atoms with Crippen molar-refractivity contribution in [3.63, 3.8) is 0 Å². The molecule has 1 aliphatic carbocycles. The number of aryl methyl sites for hydroxylation is 1. The van der Waals surface area contributed by atoms with Crippen LogP contribution in [-0.4, -0.2) is 48.2 Å². The fourth-order valence-electron chi connectivity index (χ4n) is 3.38. The summed E-state index contributed by atoms with van der Waals surface area (Å²) in [5.41, 5.74) is 1.87. The molecule has 1 atom stereocenters. The van der Waals surface area contributed by atoms with Crippen LogP contribution in [0.15, 0.2) is 36.7 Å². The van der Waals surface area contributed by atoms with Gasteiger partial charge in [-0.1, -0.05) is 22.9 Å². The summed E-state index contributed by atoms with van der Waals surface area (Å²) in [6.07, 6.45) is 2.22. The normalized spacial score (nSPS) is 18.2. The van der Waals surface area contributed by atoms with Crippen LogP contribution >= 0.6 is 11.6 Å². The van der Waals surface area contributed by atoms with Crippen molar-refractivity contribution in [2.45, 2.75) is 32.0 Å². The summed E-state index contributed by atoms with van der Waals surface area (Å²) in [5.74, 6) is -0.0510. The van der Waals surface area contributed by atoms with E-state index in [0.717, 1.165) is 0 Å². The predicted octanol–water partition coefficient (Wildman–Crippen LogP) is 2.94. The van der Waals surface area contributed by atoms with Crippen molar-refractivity contribution >= 4 is 35.1 Å². The molecule has 11 nitrogen and oxygen atoms in total. The number of hydrogen-bond donors (Lipinski definition) is 3. The molecular weight excluding hydrogens is 450 g/mol. The Morgan fingerprint density at radius 2 is 2.03 bits per heavy atom. The van der Waals surface area contributed by atoms with Gasteiger partial charge >= 0.3 is 6.09 Å². The van der Waals surface area contributed by atoms with E-state index in [0.29, 0.717) is 35.5 Å². The fourth-order valence-corrected chi connectivity index (χ4v) is 3.65. The third-order valence-corrected chi connectivity index (χ3v) is 5.63.